The fourth-order valence-corrected chi connectivity index (χ4v) is 0.873. The van der Waals surface area contributed by atoms with E-state index in [-0.39, 0.29) is 0 Å². The smallest absolute Gasteiger partial charge is 0.390 e. The third-order valence-electron chi connectivity index (χ3n) is 1.94. The summed E-state index contributed by atoms with van der Waals surface area (Å²) < 4.78 is 35.1. The quantitative estimate of drug-likeness (QED) is 0.605. The Kier molecular flexibility index (Phi) is 4.73. The van der Waals surface area contributed by atoms with Crippen molar-refractivity contribution in [3.63, 3.8) is 0 Å². The van der Waals surface area contributed by atoms with Gasteiger partial charge in [-0.1, -0.05) is 6.92 Å². The van der Waals surface area contributed by atoms with Crippen molar-refractivity contribution >= 4 is 11.9 Å². The van der Waals surface area contributed by atoms with Gasteiger partial charge in [-0.05, 0) is 6.42 Å². The average molecular weight is 243 g/mol. The van der Waals surface area contributed by atoms with Gasteiger partial charge in [-0.15, -0.1) is 0 Å². The second-order valence-corrected chi connectivity index (χ2v) is 3.14. The van der Waals surface area contributed by atoms with Gasteiger partial charge >= 0.3 is 12.1 Å². The number of nitrogens with one attached hydrogen (secondary N) is 1. The zero-order valence-electron chi connectivity index (χ0n) is 8.47. The number of rotatable bonds is 5. The summed E-state index contributed by atoms with van der Waals surface area (Å²) in [4.78, 5) is 21.6. The van der Waals surface area contributed by atoms with E-state index < -0.39 is 43.0 Å². The molecule has 0 aliphatic rings. The van der Waals surface area contributed by atoms with Crippen LogP contribution in [0.4, 0.5) is 13.2 Å². The van der Waals surface area contributed by atoms with Crippen molar-refractivity contribution in [2.75, 3.05) is 6.54 Å². The lowest BCUT2D eigenvalue weighted by molar-refractivity contribution is -0.167. The van der Waals surface area contributed by atoms with Crippen LogP contribution in [0, 0.1) is 0 Å². The minimum Gasteiger partial charge on any atom is -0.479 e. The molecule has 1 amide bonds. The highest BCUT2D eigenvalue weighted by molar-refractivity contribution is 6.04. The van der Waals surface area contributed by atoms with E-state index in [9.17, 15) is 27.9 Å². The predicted octanol–water partition coefficient (Wildman–Crippen LogP) is 0.281. The van der Waals surface area contributed by atoms with Crippen LogP contribution in [0.2, 0.25) is 0 Å². The number of amides is 1. The van der Waals surface area contributed by atoms with Crippen molar-refractivity contribution in [3.05, 3.63) is 0 Å². The molecule has 94 valence electrons. The molecule has 0 fully saturated rings. The number of halogens is 3. The molecule has 0 radical (unpaired) electrons. The van der Waals surface area contributed by atoms with Gasteiger partial charge in [0.15, 0.2) is 0 Å². The molecule has 0 aromatic rings. The van der Waals surface area contributed by atoms with Gasteiger partial charge in [0.05, 0.1) is 6.42 Å². The van der Waals surface area contributed by atoms with Crippen LogP contribution in [0.3, 0.4) is 0 Å². The minimum absolute atomic E-state index is 0.430. The number of hydrogen-bond acceptors (Lipinski definition) is 3. The summed E-state index contributed by atoms with van der Waals surface area (Å²) in [5.74, 6) is -3.13. The molecule has 0 bridgehead atoms. The van der Waals surface area contributed by atoms with Crippen LogP contribution in [0.15, 0.2) is 0 Å². The molecule has 3 N–H and O–H groups in total. The Labute approximate surface area is 89.3 Å². The molecule has 8 heteroatoms. The molecule has 1 unspecified atom stereocenters. The second-order valence-electron chi connectivity index (χ2n) is 3.14. The lowest BCUT2D eigenvalue weighted by Gasteiger charge is -2.20. The van der Waals surface area contributed by atoms with Gasteiger partial charge in [0.2, 0.25) is 5.60 Å². The van der Waals surface area contributed by atoms with Gasteiger partial charge in [0.25, 0.3) is 5.91 Å². The lowest BCUT2D eigenvalue weighted by Crippen LogP contribution is -2.52. The number of hydrogen-bond donors (Lipinski definition) is 3. The molecular formula is C8H12F3NO4. The fraction of sp³-hybridized carbons (Fsp3) is 0.750. The fourth-order valence-electron chi connectivity index (χ4n) is 0.873. The molecule has 0 aromatic carbocycles. The van der Waals surface area contributed by atoms with Crippen molar-refractivity contribution in [2.24, 2.45) is 0 Å². The highest BCUT2D eigenvalue weighted by Gasteiger charge is 2.42. The zero-order chi connectivity index (χ0) is 13.0. The molecule has 0 aromatic heterocycles. The summed E-state index contributed by atoms with van der Waals surface area (Å²) in [6, 6.07) is 0. The Morgan fingerprint density at radius 3 is 2.12 bits per heavy atom. The first-order chi connectivity index (χ1) is 7.13. The number of carbonyl (C=O) groups is 2. The van der Waals surface area contributed by atoms with Crippen LogP contribution >= 0.6 is 0 Å². The van der Waals surface area contributed by atoms with Gasteiger partial charge in [-0.25, -0.2) is 4.79 Å². The van der Waals surface area contributed by atoms with Crippen LogP contribution in [0.1, 0.15) is 19.8 Å². The van der Waals surface area contributed by atoms with Crippen molar-refractivity contribution < 1.29 is 33.0 Å². The highest BCUT2D eigenvalue weighted by atomic mass is 19.4. The maximum Gasteiger partial charge on any atom is 0.390 e. The summed E-state index contributed by atoms with van der Waals surface area (Å²) in [5, 5.41) is 19.6. The normalized spacial score (nSPS) is 15.3. The number of alkyl halides is 3. The first-order valence-electron chi connectivity index (χ1n) is 4.44. The molecule has 0 saturated carbocycles. The Morgan fingerprint density at radius 1 is 1.31 bits per heavy atom. The summed E-state index contributed by atoms with van der Waals surface area (Å²) >= 11 is 0. The van der Waals surface area contributed by atoms with Gasteiger partial charge in [0, 0.05) is 6.54 Å². The number of carboxylic acids is 1. The van der Waals surface area contributed by atoms with Gasteiger partial charge in [-0.3, -0.25) is 4.79 Å². The minimum atomic E-state index is -4.44. The second kappa shape index (κ2) is 5.15. The van der Waals surface area contributed by atoms with Crippen LogP contribution in [-0.2, 0) is 9.59 Å². The van der Waals surface area contributed by atoms with Crippen LogP contribution < -0.4 is 5.32 Å². The maximum atomic E-state index is 11.7. The monoisotopic (exact) mass is 243 g/mol. The van der Waals surface area contributed by atoms with E-state index in [2.05, 4.69) is 0 Å². The van der Waals surface area contributed by atoms with E-state index in [1.54, 1.807) is 5.32 Å². The highest BCUT2D eigenvalue weighted by Crippen LogP contribution is 2.18. The Hall–Kier alpha value is -1.31. The van der Waals surface area contributed by atoms with Crippen molar-refractivity contribution in [1.82, 2.24) is 5.32 Å². The maximum absolute atomic E-state index is 11.7. The average Bonchev–Trinajstić information content (AvgIpc) is 2.13. The summed E-state index contributed by atoms with van der Waals surface area (Å²) in [6.45, 7) is 0.468. The molecule has 5 nitrogen and oxygen atoms in total. The Morgan fingerprint density at radius 2 is 1.81 bits per heavy atom. The van der Waals surface area contributed by atoms with Crippen LogP contribution in [-0.4, -0.2) is 40.4 Å². The molecular weight excluding hydrogens is 231 g/mol. The molecule has 0 spiro atoms. The molecule has 0 rings (SSSR count). The molecule has 1 atom stereocenters. The molecule has 0 saturated heterocycles. The van der Waals surface area contributed by atoms with E-state index in [0.29, 0.717) is 0 Å². The molecule has 0 aliphatic carbocycles. The largest absolute Gasteiger partial charge is 0.479 e. The summed E-state index contributed by atoms with van der Waals surface area (Å²) in [7, 11) is 0. The van der Waals surface area contributed by atoms with Crippen molar-refractivity contribution in [3.8, 4) is 0 Å². The van der Waals surface area contributed by atoms with E-state index in [4.69, 9.17) is 5.11 Å². The Balaban J connectivity index is 4.30. The lowest BCUT2D eigenvalue weighted by atomic mass is 10.0. The molecule has 0 aliphatic heterocycles. The third-order valence-corrected chi connectivity index (χ3v) is 1.94. The van der Waals surface area contributed by atoms with Gasteiger partial charge in [-0.2, -0.15) is 13.2 Å². The van der Waals surface area contributed by atoms with E-state index in [0.717, 1.165) is 0 Å². The van der Waals surface area contributed by atoms with Crippen molar-refractivity contribution in [2.45, 2.75) is 31.5 Å². The first kappa shape index (κ1) is 14.7. The number of carboxylic acid groups (broad SMARTS) is 1. The number of aliphatic hydroxyl groups is 1. The molecule has 0 heterocycles. The first-order valence-corrected chi connectivity index (χ1v) is 4.44. The zero-order valence-corrected chi connectivity index (χ0v) is 8.47. The SMILES string of the molecule is CCC(O)(C(=O)O)C(=O)NCCC(F)(F)F. The topological polar surface area (TPSA) is 86.6 Å². The van der Waals surface area contributed by atoms with E-state index >= 15 is 0 Å². The van der Waals surface area contributed by atoms with Crippen molar-refractivity contribution in [1.29, 1.82) is 0 Å². The van der Waals surface area contributed by atoms with E-state index in [1.165, 1.54) is 6.92 Å². The number of aliphatic carboxylic acids is 1. The van der Waals surface area contributed by atoms with Crippen LogP contribution in [0.25, 0.3) is 0 Å². The van der Waals surface area contributed by atoms with E-state index in [1.807, 2.05) is 0 Å². The van der Waals surface area contributed by atoms with Gasteiger partial charge in [0.1, 0.15) is 0 Å². The van der Waals surface area contributed by atoms with Crippen LogP contribution in [0.5, 0.6) is 0 Å². The Bertz CT molecular complexity index is 279. The third kappa shape index (κ3) is 4.05. The van der Waals surface area contributed by atoms with Gasteiger partial charge < -0.3 is 15.5 Å². The summed E-state index contributed by atoms with van der Waals surface area (Å²) in [5.41, 5.74) is -2.68. The molecule has 16 heavy (non-hydrogen) atoms. The predicted molar refractivity (Wildman–Crippen MR) is 46.6 cm³/mol. The number of carbonyl (C=O) groups excluding carboxylic acids is 1. The summed E-state index contributed by atoms with van der Waals surface area (Å²) in [6.07, 6.45) is -6.15. The standard InChI is InChI=1S/C8H12F3NO4/c1-2-7(16,6(14)15)5(13)12-4-3-8(9,10)11/h16H,2-4H2,1H3,(H,12,13)(H,14,15).